The van der Waals surface area contributed by atoms with Crippen LogP contribution in [-0.2, 0) is 0 Å². The number of benzene rings is 1. The van der Waals surface area contributed by atoms with Crippen molar-refractivity contribution in [3.05, 3.63) is 34.2 Å². The zero-order chi connectivity index (χ0) is 18.5. The first-order valence-corrected chi connectivity index (χ1v) is 8.70. The second-order valence-corrected chi connectivity index (χ2v) is 6.57. The van der Waals surface area contributed by atoms with E-state index in [4.69, 9.17) is 0 Å². The van der Waals surface area contributed by atoms with Crippen LogP contribution in [0.4, 0.5) is 20.7 Å². The van der Waals surface area contributed by atoms with Crippen LogP contribution in [0, 0.1) is 5.82 Å². The Morgan fingerprint density at radius 2 is 2.12 bits per heavy atom. The molecule has 1 aromatic heterocycles. The number of anilines is 1. The molecule has 9 nitrogen and oxygen atoms in total. The Morgan fingerprint density at radius 3 is 2.81 bits per heavy atom. The van der Waals surface area contributed by atoms with Gasteiger partial charge in [-0.15, -0.1) is 0 Å². The average Bonchev–Trinajstić information content (AvgIpc) is 3.28. The maximum Gasteiger partial charge on any atom is 0.320 e. The van der Waals surface area contributed by atoms with E-state index in [1.807, 2.05) is 5.48 Å². The molecule has 4 N–H and O–H groups in total. The Balaban J connectivity index is 1.77. The number of halogens is 2. The third-order valence-corrected chi connectivity index (χ3v) is 4.49. The molecule has 138 valence electrons. The van der Waals surface area contributed by atoms with Crippen LogP contribution in [0.2, 0.25) is 0 Å². The lowest BCUT2D eigenvalue weighted by molar-refractivity contribution is 0.234. The summed E-state index contributed by atoms with van der Waals surface area (Å²) >= 11 is 3.06. The van der Waals surface area contributed by atoms with Crippen LogP contribution in [0.15, 0.2) is 32.3 Å². The molecule has 1 aromatic carbocycles. The van der Waals surface area contributed by atoms with E-state index in [2.05, 4.69) is 46.5 Å². The van der Waals surface area contributed by atoms with Crippen LogP contribution < -0.4 is 16.1 Å². The molecule has 0 bridgehead atoms. The molecule has 0 spiro atoms. The van der Waals surface area contributed by atoms with E-state index in [1.165, 1.54) is 18.2 Å². The van der Waals surface area contributed by atoms with Crippen LogP contribution in [0.5, 0.6) is 0 Å². The smallest absolute Gasteiger partial charge is 0.320 e. The first kappa shape index (κ1) is 18.3. The van der Waals surface area contributed by atoms with Gasteiger partial charge in [-0.3, -0.25) is 16.0 Å². The molecule has 11 heteroatoms. The SMILES string of the molecule is O=C(Nc1nonc1C(=Nc1ccc(F)c(Br)c1)NO)NC1CCCC1. The molecule has 2 amide bonds. The van der Waals surface area contributed by atoms with Gasteiger partial charge >= 0.3 is 6.03 Å². The molecular weight excluding hydrogens is 411 g/mol. The number of amides is 2. The summed E-state index contributed by atoms with van der Waals surface area (Å²) in [4.78, 5) is 16.2. The van der Waals surface area contributed by atoms with Crippen molar-refractivity contribution in [3.63, 3.8) is 0 Å². The molecule has 0 unspecified atom stereocenters. The van der Waals surface area contributed by atoms with Crippen molar-refractivity contribution < 1.29 is 19.0 Å². The Hall–Kier alpha value is -2.53. The molecule has 26 heavy (non-hydrogen) atoms. The number of carbonyl (C=O) groups is 1. The highest BCUT2D eigenvalue weighted by Gasteiger charge is 2.21. The van der Waals surface area contributed by atoms with E-state index < -0.39 is 11.8 Å². The third kappa shape index (κ3) is 4.35. The van der Waals surface area contributed by atoms with Gasteiger partial charge in [0.1, 0.15) is 5.82 Å². The summed E-state index contributed by atoms with van der Waals surface area (Å²) in [5, 5.41) is 22.0. The lowest BCUT2D eigenvalue weighted by atomic mass is 10.2. The van der Waals surface area contributed by atoms with Crippen molar-refractivity contribution in [2.75, 3.05) is 5.32 Å². The summed E-state index contributed by atoms with van der Waals surface area (Å²) in [5.41, 5.74) is 2.21. The molecule has 1 aliphatic rings. The van der Waals surface area contributed by atoms with Crippen LogP contribution >= 0.6 is 15.9 Å². The summed E-state index contributed by atoms with van der Waals surface area (Å²) in [6.07, 6.45) is 4.03. The Morgan fingerprint density at radius 1 is 1.35 bits per heavy atom. The Bertz CT molecular complexity index is 821. The molecule has 1 fully saturated rings. The number of carbonyl (C=O) groups excluding carboxylic acids is 1. The number of hydrogen-bond donors (Lipinski definition) is 4. The minimum atomic E-state index is -0.448. The van der Waals surface area contributed by atoms with E-state index in [-0.39, 0.29) is 27.9 Å². The fourth-order valence-electron chi connectivity index (χ4n) is 2.64. The maximum atomic E-state index is 13.3. The number of urea groups is 1. The van der Waals surface area contributed by atoms with Crippen LogP contribution in [0.1, 0.15) is 31.4 Å². The highest BCUT2D eigenvalue weighted by atomic mass is 79.9. The molecule has 0 atom stereocenters. The largest absolute Gasteiger partial charge is 0.335 e. The van der Waals surface area contributed by atoms with Gasteiger partial charge < -0.3 is 5.32 Å². The summed E-state index contributed by atoms with van der Waals surface area (Å²) in [6, 6.07) is 3.72. The second kappa shape index (κ2) is 8.23. The van der Waals surface area contributed by atoms with E-state index in [1.54, 1.807) is 0 Å². The van der Waals surface area contributed by atoms with E-state index in [0.717, 1.165) is 25.7 Å². The molecule has 3 rings (SSSR count). The first-order chi connectivity index (χ1) is 12.6. The van der Waals surface area contributed by atoms with Crippen molar-refractivity contribution in [2.24, 2.45) is 4.99 Å². The van der Waals surface area contributed by atoms with E-state index in [0.29, 0.717) is 5.69 Å². The third-order valence-electron chi connectivity index (χ3n) is 3.89. The molecule has 1 aliphatic carbocycles. The van der Waals surface area contributed by atoms with Gasteiger partial charge in [0, 0.05) is 6.04 Å². The quantitative estimate of drug-likeness (QED) is 0.338. The molecule has 1 heterocycles. The fraction of sp³-hybridized carbons (Fsp3) is 0.333. The summed E-state index contributed by atoms with van der Waals surface area (Å²) in [7, 11) is 0. The highest BCUT2D eigenvalue weighted by molar-refractivity contribution is 9.10. The number of nitrogens with zero attached hydrogens (tertiary/aromatic N) is 3. The Kier molecular flexibility index (Phi) is 5.78. The molecular formula is C15H16BrFN6O3. The lowest BCUT2D eigenvalue weighted by Crippen LogP contribution is -2.36. The molecule has 0 saturated heterocycles. The standard InChI is InChI=1S/C15H16BrFN6O3/c16-10-7-9(5-6-11(10)17)18-13(21-25)12-14(23-26-22-12)20-15(24)19-8-3-1-2-4-8/h5-8,25H,1-4H2,(H,18,21)(H2,19,20,23,24). The van der Waals surface area contributed by atoms with Crippen LogP contribution in [-0.4, -0.2) is 33.4 Å². The molecule has 2 aromatic rings. The summed E-state index contributed by atoms with van der Waals surface area (Å²) in [6.45, 7) is 0. The van der Waals surface area contributed by atoms with Crippen molar-refractivity contribution in [2.45, 2.75) is 31.7 Å². The number of amidine groups is 1. The van der Waals surface area contributed by atoms with E-state index in [9.17, 15) is 14.4 Å². The normalized spacial score (nSPS) is 15.1. The average molecular weight is 427 g/mol. The monoisotopic (exact) mass is 426 g/mol. The van der Waals surface area contributed by atoms with E-state index >= 15 is 0 Å². The Labute approximate surface area is 156 Å². The summed E-state index contributed by atoms with van der Waals surface area (Å²) in [5.74, 6) is -0.584. The number of hydrogen-bond acceptors (Lipinski definition) is 6. The topological polar surface area (TPSA) is 125 Å². The minimum absolute atomic E-state index is 0.00507. The molecule has 1 saturated carbocycles. The number of aliphatic imine (C=N–C) groups is 1. The first-order valence-electron chi connectivity index (χ1n) is 7.91. The second-order valence-electron chi connectivity index (χ2n) is 5.71. The van der Waals surface area contributed by atoms with Crippen LogP contribution in [0.3, 0.4) is 0 Å². The van der Waals surface area contributed by atoms with Gasteiger partial charge in [-0.05, 0) is 57.3 Å². The van der Waals surface area contributed by atoms with Gasteiger partial charge in [0.05, 0.1) is 10.2 Å². The van der Waals surface area contributed by atoms with Gasteiger partial charge in [-0.25, -0.2) is 18.8 Å². The van der Waals surface area contributed by atoms with Gasteiger partial charge in [0.15, 0.2) is 11.5 Å². The number of aromatic nitrogens is 2. The van der Waals surface area contributed by atoms with Gasteiger partial charge in [0.25, 0.3) is 0 Å². The van der Waals surface area contributed by atoms with Crippen molar-refractivity contribution >= 4 is 39.3 Å². The van der Waals surface area contributed by atoms with Crippen LogP contribution in [0.25, 0.3) is 0 Å². The molecule has 0 radical (unpaired) electrons. The maximum absolute atomic E-state index is 13.3. The fourth-order valence-corrected chi connectivity index (χ4v) is 3.01. The lowest BCUT2D eigenvalue weighted by Gasteiger charge is -2.12. The number of nitrogens with one attached hydrogen (secondary N) is 3. The van der Waals surface area contributed by atoms with Gasteiger partial charge in [-0.1, -0.05) is 12.8 Å². The number of rotatable bonds is 4. The highest BCUT2D eigenvalue weighted by Crippen LogP contribution is 2.23. The van der Waals surface area contributed by atoms with Crippen molar-refractivity contribution in [3.8, 4) is 0 Å². The van der Waals surface area contributed by atoms with Crippen molar-refractivity contribution in [1.29, 1.82) is 0 Å². The van der Waals surface area contributed by atoms with Crippen molar-refractivity contribution in [1.82, 2.24) is 21.1 Å². The van der Waals surface area contributed by atoms with Gasteiger partial charge in [-0.2, -0.15) is 0 Å². The summed E-state index contributed by atoms with van der Waals surface area (Å²) < 4.78 is 18.2. The predicted molar refractivity (Wildman–Crippen MR) is 93.9 cm³/mol. The number of hydroxylamine groups is 1. The van der Waals surface area contributed by atoms with Gasteiger partial charge in [0.2, 0.25) is 5.82 Å². The minimum Gasteiger partial charge on any atom is -0.335 e. The zero-order valence-corrected chi connectivity index (χ0v) is 15.1. The molecule has 0 aliphatic heterocycles. The zero-order valence-electron chi connectivity index (χ0n) is 13.5. The predicted octanol–water partition coefficient (Wildman–Crippen LogP) is 3.09.